The molecule has 0 heterocycles. The number of ketones is 1. The Morgan fingerprint density at radius 2 is 2.00 bits per heavy atom. The van der Waals surface area contributed by atoms with Crippen molar-refractivity contribution in [3.05, 3.63) is 23.8 Å². The predicted molar refractivity (Wildman–Crippen MR) is 58.9 cm³/mol. The summed E-state index contributed by atoms with van der Waals surface area (Å²) in [6.07, 6.45) is 0.894. The molecule has 0 N–H and O–H groups in total. The van der Waals surface area contributed by atoms with Gasteiger partial charge in [0.1, 0.15) is 17.1 Å². The highest BCUT2D eigenvalue weighted by molar-refractivity contribution is 6.01. The van der Waals surface area contributed by atoms with Gasteiger partial charge >= 0.3 is 6.61 Å². The van der Waals surface area contributed by atoms with E-state index in [2.05, 4.69) is 4.74 Å². The summed E-state index contributed by atoms with van der Waals surface area (Å²) in [4.78, 5) is 11.8. The Hall–Kier alpha value is -1.65. The highest BCUT2D eigenvalue weighted by Crippen LogP contribution is 2.30. The third-order valence-corrected chi connectivity index (χ3v) is 2.18. The molecule has 0 saturated carbocycles. The molecule has 94 valence electrons. The molecule has 0 aromatic heterocycles. The molecule has 0 bridgehead atoms. The van der Waals surface area contributed by atoms with Crippen molar-refractivity contribution in [3.8, 4) is 11.5 Å². The smallest absolute Gasteiger partial charge is 0.387 e. The van der Waals surface area contributed by atoms with Gasteiger partial charge in [0, 0.05) is 6.42 Å². The van der Waals surface area contributed by atoms with Gasteiger partial charge in [0.2, 0.25) is 0 Å². The van der Waals surface area contributed by atoms with Gasteiger partial charge in [0.15, 0.2) is 5.78 Å². The number of hydrogen-bond acceptors (Lipinski definition) is 3. The SMILES string of the molecule is CCCC(=O)c1c(OC)cccc1OC(F)F. The van der Waals surface area contributed by atoms with E-state index in [9.17, 15) is 13.6 Å². The average Bonchev–Trinajstić information content (AvgIpc) is 2.28. The van der Waals surface area contributed by atoms with Gasteiger partial charge in [-0.1, -0.05) is 13.0 Å². The van der Waals surface area contributed by atoms with Crippen molar-refractivity contribution in [2.45, 2.75) is 26.4 Å². The van der Waals surface area contributed by atoms with Crippen molar-refractivity contribution in [2.24, 2.45) is 0 Å². The van der Waals surface area contributed by atoms with Crippen LogP contribution >= 0.6 is 0 Å². The summed E-state index contributed by atoms with van der Waals surface area (Å²) >= 11 is 0. The number of benzene rings is 1. The zero-order chi connectivity index (χ0) is 12.8. The lowest BCUT2D eigenvalue weighted by Gasteiger charge is -2.13. The lowest BCUT2D eigenvalue weighted by molar-refractivity contribution is -0.0502. The van der Waals surface area contributed by atoms with Crippen molar-refractivity contribution in [3.63, 3.8) is 0 Å². The maximum Gasteiger partial charge on any atom is 0.387 e. The highest BCUT2D eigenvalue weighted by Gasteiger charge is 2.19. The van der Waals surface area contributed by atoms with E-state index in [0.717, 1.165) is 0 Å². The van der Waals surface area contributed by atoms with Crippen molar-refractivity contribution in [1.82, 2.24) is 0 Å². The molecule has 0 unspecified atom stereocenters. The third kappa shape index (κ3) is 3.41. The number of carbonyl (C=O) groups excluding carboxylic acids is 1. The minimum Gasteiger partial charge on any atom is -0.496 e. The van der Waals surface area contributed by atoms with E-state index in [1.165, 1.54) is 19.2 Å². The monoisotopic (exact) mass is 244 g/mol. The minimum atomic E-state index is -2.96. The van der Waals surface area contributed by atoms with Crippen LogP contribution in [0.4, 0.5) is 8.78 Å². The molecule has 0 amide bonds. The number of carbonyl (C=O) groups is 1. The van der Waals surface area contributed by atoms with Crippen LogP contribution in [-0.2, 0) is 0 Å². The first kappa shape index (κ1) is 13.4. The highest BCUT2D eigenvalue weighted by atomic mass is 19.3. The first-order valence-electron chi connectivity index (χ1n) is 5.25. The summed E-state index contributed by atoms with van der Waals surface area (Å²) in [6.45, 7) is -1.13. The van der Waals surface area contributed by atoms with Crippen molar-refractivity contribution in [2.75, 3.05) is 7.11 Å². The normalized spacial score (nSPS) is 10.4. The van der Waals surface area contributed by atoms with Crippen LogP contribution in [0, 0.1) is 0 Å². The quantitative estimate of drug-likeness (QED) is 0.720. The van der Waals surface area contributed by atoms with Gasteiger partial charge in [-0.05, 0) is 18.6 Å². The summed E-state index contributed by atoms with van der Waals surface area (Å²) in [6, 6.07) is 4.37. The molecule has 3 nitrogen and oxygen atoms in total. The molecule has 1 rings (SSSR count). The average molecular weight is 244 g/mol. The molecule has 0 aliphatic carbocycles. The zero-order valence-electron chi connectivity index (χ0n) is 9.70. The molecule has 0 aliphatic heterocycles. The second kappa shape index (κ2) is 6.18. The van der Waals surface area contributed by atoms with Crippen LogP contribution in [0.3, 0.4) is 0 Å². The van der Waals surface area contributed by atoms with E-state index >= 15 is 0 Å². The Morgan fingerprint density at radius 3 is 2.53 bits per heavy atom. The van der Waals surface area contributed by atoms with E-state index in [1.54, 1.807) is 6.07 Å². The van der Waals surface area contributed by atoms with E-state index < -0.39 is 6.61 Å². The van der Waals surface area contributed by atoms with Gasteiger partial charge in [0.25, 0.3) is 0 Å². The van der Waals surface area contributed by atoms with Crippen LogP contribution in [0.2, 0.25) is 0 Å². The van der Waals surface area contributed by atoms with Gasteiger partial charge in [-0.25, -0.2) is 0 Å². The number of ether oxygens (including phenoxy) is 2. The number of halogens is 2. The number of methoxy groups -OCH3 is 1. The second-order valence-electron chi connectivity index (χ2n) is 3.39. The van der Waals surface area contributed by atoms with E-state index in [0.29, 0.717) is 6.42 Å². The van der Waals surface area contributed by atoms with Crippen LogP contribution in [0.5, 0.6) is 11.5 Å². The van der Waals surface area contributed by atoms with E-state index in [-0.39, 0.29) is 29.3 Å². The van der Waals surface area contributed by atoms with E-state index in [1.807, 2.05) is 6.92 Å². The number of hydrogen-bond donors (Lipinski definition) is 0. The van der Waals surface area contributed by atoms with Gasteiger partial charge < -0.3 is 9.47 Å². The molecular formula is C12H14F2O3. The summed E-state index contributed by atoms with van der Waals surface area (Å²) in [5.74, 6) is -0.153. The summed E-state index contributed by atoms with van der Waals surface area (Å²) in [7, 11) is 1.38. The Kier molecular flexibility index (Phi) is 4.87. The standard InChI is InChI=1S/C12H14F2O3/c1-3-5-8(15)11-9(16-2)6-4-7-10(11)17-12(13)14/h4,6-7,12H,3,5H2,1-2H3. The molecule has 0 atom stereocenters. The zero-order valence-corrected chi connectivity index (χ0v) is 9.70. The number of rotatable bonds is 6. The van der Waals surface area contributed by atoms with Crippen LogP contribution in [0.15, 0.2) is 18.2 Å². The Bertz CT molecular complexity index is 391. The lowest BCUT2D eigenvalue weighted by atomic mass is 10.0. The number of Topliss-reactive ketones (excluding diaryl/α,β-unsaturated/α-hetero) is 1. The molecule has 0 radical (unpaired) electrons. The minimum absolute atomic E-state index is 0.0807. The molecule has 17 heavy (non-hydrogen) atoms. The maximum atomic E-state index is 12.2. The predicted octanol–water partition coefficient (Wildman–Crippen LogP) is 3.28. The second-order valence-corrected chi connectivity index (χ2v) is 3.39. The van der Waals surface area contributed by atoms with Crippen LogP contribution in [0.1, 0.15) is 30.1 Å². The Balaban J connectivity index is 3.15. The van der Waals surface area contributed by atoms with Crippen LogP contribution in [-0.4, -0.2) is 19.5 Å². The largest absolute Gasteiger partial charge is 0.496 e. The molecular weight excluding hydrogens is 230 g/mol. The Labute approximate surface area is 98.3 Å². The molecule has 1 aromatic rings. The van der Waals surface area contributed by atoms with Crippen LogP contribution < -0.4 is 9.47 Å². The first-order valence-corrected chi connectivity index (χ1v) is 5.25. The molecule has 0 spiro atoms. The maximum absolute atomic E-state index is 12.2. The fraction of sp³-hybridized carbons (Fsp3) is 0.417. The van der Waals surface area contributed by atoms with Crippen LogP contribution in [0.25, 0.3) is 0 Å². The molecule has 1 aromatic carbocycles. The third-order valence-electron chi connectivity index (χ3n) is 2.18. The topological polar surface area (TPSA) is 35.5 Å². The summed E-state index contributed by atoms with van der Waals surface area (Å²) in [5.41, 5.74) is 0.0807. The summed E-state index contributed by atoms with van der Waals surface area (Å²) < 4.78 is 33.7. The number of alkyl halides is 2. The molecule has 5 heteroatoms. The van der Waals surface area contributed by atoms with Crippen molar-refractivity contribution >= 4 is 5.78 Å². The molecule has 0 fully saturated rings. The van der Waals surface area contributed by atoms with Crippen molar-refractivity contribution < 1.29 is 23.0 Å². The fourth-order valence-corrected chi connectivity index (χ4v) is 1.50. The van der Waals surface area contributed by atoms with E-state index in [4.69, 9.17) is 4.74 Å². The van der Waals surface area contributed by atoms with Crippen molar-refractivity contribution in [1.29, 1.82) is 0 Å². The van der Waals surface area contributed by atoms with Gasteiger partial charge in [-0.2, -0.15) is 8.78 Å². The Morgan fingerprint density at radius 1 is 1.35 bits per heavy atom. The van der Waals surface area contributed by atoms with Gasteiger partial charge in [-0.15, -0.1) is 0 Å². The fourth-order valence-electron chi connectivity index (χ4n) is 1.50. The lowest BCUT2D eigenvalue weighted by Crippen LogP contribution is -2.09. The van der Waals surface area contributed by atoms with Gasteiger partial charge in [-0.3, -0.25) is 4.79 Å². The molecule has 0 saturated heterocycles. The first-order chi connectivity index (χ1) is 8.10. The molecule has 0 aliphatic rings. The van der Waals surface area contributed by atoms with Gasteiger partial charge in [0.05, 0.1) is 7.11 Å². The summed E-state index contributed by atoms with van der Waals surface area (Å²) in [5, 5.41) is 0.